The van der Waals surface area contributed by atoms with Crippen LogP contribution in [-0.4, -0.2) is 6.29 Å². The second-order valence-electron chi connectivity index (χ2n) is 4.29. The Bertz CT molecular complexity index is 219. The van der Waals surface area contributed by atoms with Crippen LogP contribution < -0.4 is 0 Å². The average Bonchev–Trinajstić information content (AvgIpc) is 2.64. The number of aldehydes is 1. The molecule has 2 aliphatic carbocycles. The second-order valence-corrected chi connectivity index (χ2v) is 4.29. The van der Waals surface area contributed by atoms with E-state index in [1.165, 1.54) is 12.7 Å². The highest BCUT2D eigenvalue weighted by molar-refractivity contribution is 5.62. The molecule has 0 aromatic heterocycles. The standard InChI is InChI=1S/C11H16O/c1-2-5-11(8-12)7-9-3-4-10(11)6-9/h3-4,8-10H,2,5-7H2,1H3/t9-,10+,11-/m0/s1. The van der Waals surface area contributed by atoms with E-state index in [1.807, 2.05) is 0 Å². The van der Waals surface area contributed by atoms with Crippen LogP contribution in [0.15, 0.2) is 12.2 Å². The molecule has 1 heteroatoms. The normalized spacial score (nSPS) is 43.8. The van der Waals surface area contributed by atoms with Gasteiger partial charge in [0.25, 0.3) is 0 Å². The molecule has 1 fully saturated rings. The number of allylic oxidation sites excluding steroid dienone is 2. The third kappa shape index (κ3) is 0.954. The lowest BCUT2D eigenvalue weighted by atomic mass is 9.74. The molecule has 3 atom stereocenters. The molecule has 2 rings (SSSR count). The highest BCUT2D eigenvalue weighted by Crippen LogP contribution is 2.53. The van der Waals surface area contributed by atoms with E-state index in [9.17, 15) is 4.79 Å². The highest BCUT2D eigenvalue weighted by Gasteiger charge is 2.47. The molecular weight excluding hydrogens is 148 g/mol. The van der Waals surface area contributed by atoms with Crippen molar-refractivity contribution < 1.29 is 4.79 Å². The summed E-state index contributed by atoms with van der Waals surface area (Å²) < 4.78 is 0. The van der Waals surface area contributed by atoms with Gasteiger partial charge < -0.3 is 4.79 Å². The van der Waals surface area contributed by atoms with Gasteiger partial charge in [-0.1, -0.05) is 25.5 Å². The van der Waals surface area contributed by atoms with Crippen molar-refractivity contribution in [1.29, 1.82) is 0 Å². The van der Waals surface area contributed by atoms with Gasteiger partial charge in [-0.25, -0.2) is 0 Å². The van der Waals surface area contributed by atoms with Crippen molar-refractivity contribution in [1.82, 2.24) is 0 Å². The summed E-state index contributed by atoms with van der Waals surface area (Å²) in [5.74, 6) is 1.28. The van der Waals surface area contributed by atoms with Crippen LogP contribution in [0.2, 0.25) is 0 Å². The van der Waals surface area contributed by atoms with Gasteiger partial charge in [0.1, 0.15) is 6.29 Å². The zero-order valence-electron chi connectivity index (χ0n) is 7.62. The summed E-state index contributed by atoms with van der Waals surface area (Å²) in [7, 11) is 0. The third-order valence-corrected chi connectivity index (χ3v) is 3.50. The van der Waals surface area contributed by atoms with Gasteiger partial charge in [-0.2, -0.15) is 0 Å². The summed E-state index contributed by atoms with van der Waals surface area (Å²) >= 11 is 0. The molecule has 0 unspecified atom stereocenters. The molecule has 66 valence electrons. The van der Waals surface area contributed by atoms with Crippen molar-refractivity contribution in [2.75, 3.05) is 0 Å². The zero-order chi connectivity index (χ0) is 8.60. The van der Waals surface area contributed by atoms with E-state index in [4.69, 9.17) is 0 Å². The van der Waals surface area contributed by atoms with E-state index in [0.29, 0.717) is 11.8 Å². The van der Waals surface area contributed by atoms with Gasteiger partial charge in [0.05, 0.1) is 0 Å². The molecule has 1 nitrogen and oxygen atoms in total. The number of carbonyl (C=O) groups is 1. The predicted octanol–water partition coefficient (Wildman–Crippen LogP) is 2.57. The minimum Gasteiger partial charge on any atom is -0.303 e. The largest absolute Gasteiger partial charge is 0.303 e. The van der Waals surface area contributed by atoms with Gasteiger partial charge >= 0.3 is 0 Å². The SMILES string of the molecule is CCC[C@@]1(C=O)C[C@H]2C=C[C@@H]1C2. The van der Waals surface area contributed by atoms with Gasteiger partial charge in [0, 0.05) is 5.41 Å². The molecule has 0 N–H and O–H groups in total. The summed E-state index contributed by atoms with van der Waals surface area (Å²) in [6.45, 7) is 2.17. The summed E-state index contributed by atoms with van der Waals surface area (Å²) in [4.78, 5) is 11.1. The first-order valence-electron chi connectivity index (χ1n) is 4.95. The van der Waals surface area contributed by atoms with Gasteiger partial charge in [0.15, 0.2) is 0 Å². The Kier molecular flexibility index (Phi) is 1.82. The van der Waals surface area contributed by atoms with Crippen molar-refractivity contribution >= 4 is 6.29 Å². The maximum atomic E-state index is 11.1. The molecular formula is C11H16O. The number of hydrogen-bond donors (Lipinski definition) is 0. The van der Waals surface area contributed by atoms with Gasteiger partial charge in [-0.05, 0) is 31.1 Å². The lowest BCUT2D eigenvalue weighted by Crippen LogP contribution is -2.27. The van der Waals surface area contributed by atoms with E-state index in [-0.39, 0.29) is 5.41 Å². The van der Waals surface area contributed by atoms with Gasteiger partial charge in [-0.15, -0.1) is 0 Å². The number of rotatable bonds is 3. The van der Waals surface area contributed by atoms with E-state index in [2.05, 4.69) is 19.1 Å². The predicted molar refractivity (Wildman–Crippen MR) is 48.8 cm³/mol. The molecule has 0 heterocycles. The molecule has 0 amide bonds. The first-order valence-corrected chi connectivity index (χ1v) is 4.95. The Labute approximate surface area is 73.8 Å². The maximum Gasteiger partial charge on any atom is 0.126 e. The third-order valence-electron chi connectivity index (χ3n) is 3.50. The van der Waals surface area contributed by atoms with Crippen molar-refractivity contribution in [2.45, 2.75) is 32.6 Å². The molecule has 1 saturated carbocycles. The summed E-state index contributed by atoms with van der Waals surface area (Å²) in [6.07, 6.45) is 10.4. The smallest absolute Gasteiger partial charge is 0.126 e. The van der Waals surface area contributed by atoms with Gasteiger partial charge in [0.2, 0.25) is 0 Å². The Morgan fingerprint density at radius 1 is 1.58 bits per heavy atom. The average molecular weight is 164 g/mol. The van der Waals surface area contributed by atoms with Crippen LogP contribution in [-0.2, 0) is 4.79 Å². The first-order chi connectivity index (χ1) is 5.80. The molecule has 0 aromatic rings. The Hall–Kier alpha value is -0.590. The number of fused-ring (bicyclic) bond motifs is 2. The fourth-order valence-electron chi connectivity index (χ4n) is 2.94. The molecule has 2 aliphatic rings. The summed E-state index contributed by atoms with van der Waals surface area (Å²) in [6, 6.07) is 0. The van der Waals surface area contributed by atoms with Crippen LogP contribution in [0.4, 0.5) is 0 Å². The first kappa shape index (κ1) is 8.03. The molecule has 2 bridgehead atoms. The van der Waals surface area contributed by atoms with Crippen LogP contribution in [0, 0.1) is 17.3 Å². The van der Waals surface area contributed by atoms with Crippen LogP contribution in [0.5, 0.6) is 0 Å². The minimum absolute atomic E-state index is 0.0359. The number of carbonyl (C=O) groups excluding carboxylic acids is 1. The zero-order valence-corrected chi connectivity index (χ0v) is 7.62. The molecule has 0 radical (unpaired) electrons. The van der Waals surface area contributed by atoms with Crippen LogP contribution in [0.25, 0.3) is 0 Å². The van der Waals surface area contributed by atoms with Crippen molar-refractivity contribution in [3.8, 4) is 0 Å². The van der Waals surface area contributed by atoms with E-state index < -0.39 is 0 Å². The minimum atomic E-state index is 0.0359. The topological polar surface area (TPSA) is 17.1 Å². The van der Waals surface area contributed by atoms with Crippen molar-refractivity contribution in [3.05, 3.63) is 12.2 Å². The highest BCUT2D eigenvalue weighted by atomic mass is 16.1. The van der Waals surface area contributed by atoms with Crippen LogP contribution in [0.1, 0.15) is 32.6 Å². The van der Waals surface area contributed by atoms with Crippen molar-refractivity contribution in [3.63, 3.8) is 0 Å². The molecule has 0 saturated heterocycles. The monoisotopic (exact) mass is 164 g/mol. The van der Waals surface area contributed by atoms with E-state index in [0.717, 1.165) is 19.3 Å². The Morgan fingerprint density at radius 3 is 2.83 bits per heavy atom. The maximum absolute atomic E-state index is 11.1. The summed E-state index contributed by atoms with van der Waals surface area (Å²) in [5, 5.41) is 0. The molecule has 12 heavy (non-hydrogen) atoms. The quantitative estimate of drug-likeness (QED) is 0.463. The lowest BCUT2D eigenvalue weighted by Gasteiger charge is -2.29. The molecule has 0 aliphatic heterocycles. The second kappa shape index (κ2) is 2.72. The van der Waals surface area contributed by atoms with Crippen molar-refractivity contribution in [2.24, 2.45) is 17.3 Å². The summed E-state index contributed by atoms with van der Waals surface area (Å²) in [5.41, 5.74) is 0.0359. The van der Waals surface area contributed by atoms with Crippen LogP contribution in [0.3, 0.4) is 0 Å². The molecule has 0 aromatic carbocycles. The number of hydrogen-bond acceptors (Lipinski definition) is 1. The van der Waals surface area contributed by atoms with E-state index >= 15 is 0 Å². The molecule has 0 spiro atoms. The lowest BCUT2D eigenvalue weighted by molar-refractivity contribution is -0.117. The fourth-order valence-corrected chi connectivity index (χ4v) is 2.94. The van der Waals surface area contributed by atoms with Gasteiger partial charge in [-0.3, -0.25) is 0 Å². The van der Waals surface area contributed by atoms with E-state index in [1.54, 1.807) is 0 Å². The fraction of sp³-hybridized carbons (Fsp3) is 0.727. The van der Waals surface area contributed by atoms with Crippen LogP contribution >= 0.6 is 0 Å². The Balaban J connectivity index is 2.19. The Morgan fingerprint density at radius 2 is 2.42 bits per heavy atom.